The lowest BCUT2D eigenvalue weighted by molar-refractivity contribution is -0.128. The van der Waals surface area contributed by atoms with Crippen molar-refractivity contribution in [2.24, 2.45) is 5.92 Å². The van der Waals surface area contributed by atoms with Crippen LogP contribution in [0.5, 0.6) is 0 Å². The summed E-state index contributed by atoms with van der Waals surface area (Å²) in [6, 6.07) is 2.36. The van der Waals surface area contributed by atoms with Crippen LogP contribution in [0.25, 0.3) is 11.0 Å². The zero-order valence-electron chi connectivity index (χ0n) is 17.9. The number of amides is 1. The molecule has 2 fully saturated rings. The van der Waals surface area contributed by atoms with Gasteiger partial charge in [-0.15, -0.1) is 0 Å². The van der Waals surface area contributed by atoms with Gasteiger partial charge in [-0.05, 0) is 31.7 Å². The second-order valence-corrected chi connectivity index (χ2v) is 8.98. The van der Waals surface area contributed by atoms with Crippen LogP contribution in [0.1, 0.15) is 48.9 Å². The molecule has 0 bridgehead atoms. The molecule has 10 heteroatoms. The molecule has 0 atom stereocenters. The number of nitrogens with zero attached hydrogens (tertiary/aromatic N) is 2. The minimum Gasteiger partial charge on any atom is -0.339 e. The lowest BCUT2D eigenvalue weighted by atomic mass is 9.84. The number of aromatic amines is 2. The van der Waals surface area contributed by atoms with E-state index in [-0.39, 0.29) is 55.5 Å². The molecule has 2 aliphatic rings. The highest BCUT2D eigenvalue weighted by atomic mass is 19.3. The van der Waals surface area contributed by atoms with Gasteiger partial charge in [0.25, 0.3) is 5.91 Å². The molecule has 0 unspecified atom stereocenters. The fourth-order valence-corrected chi connectivity index (χ4v) is 4.75. The van der Waals surface area contributed by atoms with Crippen LogP contribution >= 0.6 is 0 Å². The first-order valence-electron chi connectivity index (χ1n) is 10.9. The molecule has 1 aliphatic carbocycles. The molecule has 174 valence electrons. The van der Waals surface area contributed by atoms with Crippen molar-refractivity contribution in [1.82, 2.24) is 19.8 Å². The number of hydrogen-bond donors (Lipinski definition) is 2. The highest BCUT2D eigenvalue weighted by Gasteiger charge is 2.38. The van der Waals surface area contributed by atoms with Crippen molar-refractivity contribution in [3.8, 4) is 0 Å². The van der Waals surface area contributed by atoms with Crippen LogP contribution in [0, 0.1) is 11.7 Å². The maximum absolute atomic E-state index is 14.5. The Hall–Kier alpha value is -2.62. The van der Waals surface area contributed by atoms with Gasteiger partial charge in [-0.3, -0.25) is 14.5 Å². The normalized spacial score (nSPS) is 20.5. The summed E-state index contributed by atoms with van der Waals surface area (Å²) in [7, 11) is 1.62. The number of ketones is 1. The molecule has 2 aromatic rings. The molecule has 1 aromatic heterocycles. The van der Waals surface area contributed by atoms with Crippen molar-refractivity contribution in [1.29, 1.82) is 0 Å². The van der Waals surface area contributed by atoms with Gasteiger partial charge < -0.3 is 14.9 Å². The third-order valence-electron chi connectivity index (χ3n) is 6.81. The number of nitrogens with one attached hydrogen (secondary N) is 2. The number of imidazole rings is 1. The fourth-order valence-electron chi connectivity index (χ4n) is 4.75. The Morgan fingerprint density at radius 3 is 2.31 bits per heavy atom. The molecular formula is C22H27F3N4O3. The Labute approximate surface area is 183 Å². The SMILES string of the molecule is CN(C(=O)c1cc2[nH]c(=O)[nH]c2cc1F)C1CCN(CC(=O)C2CCC(F)(F)CC2)CC1. The predicted octanol–water partition coefficient (Wildman–Crippen LogP) is 2.93. The van der Waals surface area contributed by atoms with E-state index in [9.17, 15) is 27.6 Å². The van der Waals surface area contributed by atoms with Gasteiger partial charge in [0.1, 0.15) is 11.6 Å². The average molecular weight is 452 g/mol. The number of halogens is 3. The fraction of sp³-hybridized carbons (Fsp3) is 0.591. The van der Waals surface area contributed by atoms with E-state index in [1.54, 1.807) is 7.05 Å². The molecule has 1 saturated carbocycles. The maximum Gasteiger partial charge on any atom is 0.323 e. The number of likely N-dealkylation sites (tertiary alicyclic amines) is 1. The van der Waals surface area contributed by atoms with E-state index < -0.39 is 23.3 Å². The lowest BCUT2D eigenvalue weighted by Gasteiger charge is -2.37. The van der Waals surface area contributed by atoms with E-state index in [0.717, 1.165) is 6.07 Å². The molecule has 0 radical (unpaired) electrons. The summed E-state index contributed by atoms with van der Waals surface area (Å²) < 4.78 is 41.1. The number of rotatable bonds is 5. The van der Waals surface area contributed by atoms with Gasteiger partial charge in [-0.25, -0.2) is 18.0 Å². The van der Waals surface area contributed by atoms with E-state index in [1.165, 1.54) is 11.0 Å². The summed E-state index contributed by atoms with van der Waals surface area (Å²) in [4.78, 5) is 45.3. The van der Waals surface area contributed by atoms with Crippen LogP contribution in [-0.2, 0) is 4.79 Å². The first kappa shape index (κ1) is 22.6. The molecule has 2 heterocycles. The molecule has 1 aromatic carbocycles. The standard InChI is InChI=1S/C22H27F3N4O3/c1-28(20(31)15-10-17-18(11-16(15)23)27-21(32)26-17)14-4-8-29(9-5-14)12-19(30)13-2-6-22(24,25)7-3-13/h10-11,13-14H,2-9,12H2,1H3,(H2,26,27,32). The summed E-state index contributed by atoms with van der Waals surface area (Å²) in [5, 5.41) is 0. The molecule has 1 aliphatic heterocycles. The first-order chi connectivity index (χ1) is 15.1. The van der Waals surface area contributed by atoms with E-state index in [0.29, 0.717) is 37.0 Å². The summed E-state index contributed by atoms with van der Waals surface area (Å²) in [6.45, 7) is 1.44. The second kappa shape index (κ2) is 8.73. The number of Topliss-reactive ketones (excluding diaryl/α,β-unsaturated/α-hetero) is 1. The van der Waals surface area contributed by atoms with Crippen LogP contribution in [-0.4, -0.2) is 70.1 Å². The van der Waals surface area contributed by atoms with Crippen LogP contribution in [0.3, 0.4) is 0 Å². The number of aromatic nitrogens is 2. The number of alkyl halides is 2. The third kappa shape index (κ3) is 4.74. The number of H-pyrrole nitrogens is 2. The molecule has 2 N–H and O–H groups in total. The van der Waals surface area contributed by atoms with Crippen LogP contribution in [0.15, 0.2) is 16.9 Å². The Kier molecular flexibility index (Phi) is 6.15. The minimum absolute atomic E-state index is 0.0132. The zero-order chi connectivity index (χ0) is 23.0. The van der Waals surface area contributed by atoms with Crippen LogP contribution < -0.4 is 5.69 Å². The molecular weight excluding hydrogens is 425 g/mol. The summed E-state index contributed by atoms with van der Waals surface area (Å²) in [5.41, 5.74) is 0.0801. The molecule has 32 heavy (non-hydrogen) atoms. The Morgan fingerprint density at radius 2 is 1.69 bits per heavy atom. The van der Waals surface area contributed by atoms with Gasteiger partial charge in [-0.2, -0.15) is 0 Å². The molecule has 7 nitrogen and oxygen atoms in total. The number of piperidine rings is 1. The lowest BCUT2D eigenvalue weighted by Crippen LogP contribution is -2.47. The minimum atomic E-state index is -2.65. The monoisotopic (exact) mass is 452 g/mol. The van der Waals surface area contributed by atoms with E-state index in [1.807, 2.05) is 4.90 Å². The van der Waals surface area contributed by atoms with E-state index in [4.69, 9.17) is 0 Å². The first-order valence-corrected chi connectivity index (χ1v) is 10.9. The largest absolute Gasteiger partial charge is 0.339 e. The molecule has 0 spiro atoms. The van der Waals surface area contributed by atoms with Crippen molar-refractivity contribution >= 4 is 22.7 Å². The quantitative estimate of drug-likeness (QED) is 0.730. The van der Waals surface area contributed by atoms with Gasteiger partial charge in [0.05, 0.1) is 23.1 Å². The van der Waals surface area contributed by atoms with Gasteiger partial charge in [0.15, 0.2) is 0 Å². The topological polar surface area (TPSA) is 89.3 Å². The number of benzene rings is 1. The Bertz CT molecular complexity index is 1060. The van der Waals surface area contributed by atoms with E-state index >= 15 is 0 Å². The molecule has 1 amide bonds. The van der Waals surface area contributed by atoms with Gasteiger partial charge in [-0.1, -0.05) is 0 Å². The Balaban J connectivity index is 1.32. The van der Waals surface area contributed by atoms with Gasteiger partial charge in [0.2, 0.25) is 5.92 Å². The summed E-state index contributed by atoms with van der Waals surface area (Å²) >= 11 is 0. The smallest absolute Gasteiger partial charge is 0.323 e. The number of carbonyl (C=O) groups excluding carboxylic acids is 2. The number of carbonyl (C=O) groups is 2. The van der Waals surface area contributed by atoms with Crippen molar-refractivity contribution in [3.05, 3.63) is 34.0 Å². The number of hydrogen-bond acceptors (Lipinski definition) is 4. The zero-order valence-corrected chi connectivity index (χ0v) is 17.9. The highest BCUT2D eigenvalue weighted by molar-refractivity contribution is 5.97. The average Bonchev–Trinajstić information content (AvgIpc) is 3.11. The number of fused-ring (bicyclic) bond motifs is 1. The van der Waals surface area contributed by atoms with Crippen molar-refractivity contribution < 1.29 is 22.8 Å². The van der Waals surface area contributed by atoms with E-state index in [2.05, 4.69) is 9.97 Å². The van der Waals surface area contributed by atoms with Crippen LogP contribution in [0.2, 0.25) is 0 Å². The third-order valence-corrected chi connectivity index (χ3v) is 6.81. The van der Waals surface area contributed by atoms with Crippen molar-refractivity contribution in [2.45, 2.75) is 50.5 Å². The second-order valence-electron chi connectivity index (χ2n) is 8.98. The van der Waals surface area contributed by atoms with Crippen molar-refractivity contribution in [3.63, 3.8) is 0 Å². The highest BCUT2D eigenvalue weighted by Crippen LogP contribution is 2.36. The molecule has 1 saturated heterocycles. The Morgan fingerprint density at radius 1 is 1.09 bits per heavy atom. The summed E-state index contributed by atoms with van der Waals surface area (Å²) in [6.07, 6.45) is 1.28. The maximum atomic E-state index is 14.5. The predicted molar refractivity (Wildman–Crippen MR) is 112 cm³/mol. The molecule has 4 rings (SSSR count). The summed E-state index contributed by atoms with van der Waals surface area (Å²) in [5.74, 6) is -4.10. The van der Waals surface area contributed by atoms with Crippen LogP contribution in [0.4, 0.5) is 13.2 Å². The van der Waals surface area contributed by atoms with Gasteiger partial charge in [0, 0.05) is 51.0 Å². The van der Waals surface area contributed by atoms with Gasteiger partial charge >= 0.3 is 5.69 Å². The van der Waals surface area contributed by atoms with Crippen molar-refractivity contribution in [2.75, 3.05) is 26.7 Å².